The van der Waals surface area contributed by atoms with Crippen LogP contribution in [0.3, 0.4) is 0 Å². The Kier molecular flexibility index (Phi) is 4.64. The SMILES string of the molecule is CCOC1(C(N)Cc2cc(C)cc(C)c2)CCCC1. The van der Waals surface area contributed by atoms with Crippen molar-refractivity contribution in [1.29, 1.82) is 0 Å². The molecule has 0 spiro atoms. The smallest absolute Gasteiger partial charge is 0.0835 e. The quantitative estimate of drug-likeness (QED) is 0.880. The maximum Gasteiger partial charge on any atom is 0.0835 e. The van der Waals surface area contributed by atoms with Crippen molar-refractivity contribution in [1.82, 2.24) is 0 Å². The van der Waals surface area contributed by atoms with Crippen LogP contribution in [0.5, 0.6) is 0 Å². The average molecular weight is 261 g/mol. The van der Waals surface area contributed by atoms with Gasteiger partial charge in [-0.3, -0.25) is 0 Å². The molecule has 1 saturated carbocycles. The van der Waals surface area contributed by atoms with Crippen molar-refractivity contribution in [3.8, 4) is 0 Å². The molecule has 0 aromatic heterocycles. The monoisotopic (exact) mass is 261 g/mol. The predicted molar refractivity (Wildman–Crippen MR) is 80.4 cm³/mol. The standard InChI is InChI=1S/C17H27NO/c1-4-19-17(7-5-6-8-17)16(18)12-15-10-13(2)9-14(3)11-15/h9-11,16H,4-8,12,18H2,1-3H3. The lowest BCUT2D eigenvalue weighted by atomic mass is 9.87. The summed E-state index contributed by atoms with van der Waals surface area (Å²) in [6, 6.07) is 6.82. The summed E-state index contributed by atoms with van der Waals surface area (Å²) in [6.07, 6.45) is 5.66. The largest absolute Gasteiger partial charge is 0.374 e. The van der Waals surface area contributed by atoms with Crippen LogP contribution in [0, 0.1) is 13.8 Å². The Morgan fingerprint density at radius 3 is 2.26 bits per heavy atom. The van der Waals surface area contributed by atoms with Gasteiger partial charge in [-0.2, -0.15) is 0 Å². The average Bonchev–Trinajstić information content (AvgIpc) is 2.78. The van der Waals surface area contributed by atoms with Gasteiger partial charge in [0.2, 0.25) is 0 Å². The second-order valence-electron chi connectivity index (χ2n) is 6.01. The Hall–Kier alpha value is -0.860. The van der Waals surface area contributed by atoms with Crippen molar-refractivity contribution in [2.45, 2.75) is 64.5 Å². The number of aryl methyl sites for hydroxylation is 2. The van der Waals surface area contributed by atoms with Crippen LogP contribution >= 0.6 is 0 Å². The van der Waals surface area contributed by atoms with Crippen molar-refractivity contribution in [3.05, 3.63) is 34.9 Å². The lowest BCUT2D eigenvalue weighted by Gasteiger charge is -2.35. The molecule has 2 heteroatoms. The summed E-state index contributed by atoms with van der Waals surface area (Å²) >= 11 is 0. The summed E-state index contributed by atoms with van der Waals surface area (Å²) in [5, 5.41) is 0. The minimum Gasteiger partial charge on any atom is -0.374 e. The van der Waals surface area contributed by atoms with E-state index in [-0.39, 0.29) is 11.6 Å². The summed E-state index contributed by atoms with van der Waals surface area (Å²) < 4.78 is 6.06. The molecule has 19 heavy (non-hydrogen) atoms. The fourth-order valence-corrected chi connectivity index (χ4v) is 3.51. The van der Waals surface area contributed by atoms with Gasteiger partial charge in [-0.25, -0.2) is 0 Å². The predicted octanol–water partition coefficient (Wildman–Crippen LogP) is 3.52. The van der Waals surface area contributed by atoms with Crippen LogP contribution in [0.25, 0.3) is 0 Å². The van der Waals surface area contributed by atoms with E-state index in [0.717, 1.165) is 25.9 Å². The number of hydrogen-bond acceptors (Lipinski definition) is 2. The molecule has 106 valence electrons. The molecule has 0 bridgehead atoms. The zero-order chi connectivity index (χ0) is 13.9. The first-order chi connectivity index (χ1) is 9.05. The summed E-state index contributed by atoms with van der Waals surface area (Å²) in [5.74, 6) is 0. The molecule has 1 aromatic rings. The number of nitrogens with two attached hydrogens (primary N) is 1. The molecule has 0 saturated heterocycles. The molecule has 0 aliphatic heterocycles. The van der Waals surface area contributed by atoms with Gasteiger partial charge in [0.05, 0.1) is 5.60 Å². The van der Waals surface area contributed by atoms with Gasteiger partial charge >= 0.3 is 0 Å². The molecule has 1 aliphatic carbocycles. The molecule has 0 heterocycles. The lowest BCUT2D eigenvalue weighted by Crippen LogP contribution is -2.49. The summed E-state index contributed by atoms with van der Waals surface area (Å²) in [7, 11) is 0. The van der Waals surface area contributed by atoms with Crippen molar-refractivity contribution in [2.75, 3.05) is 6.61 Å². The molecule has 1 aliphatic rings. The Morgan fingerprint density at radius 1 is 1.16 bits per heavy atom. The van der Waals surface area contributed by atoms with Crippen LogP contribution in [0.1, 0.15) is 49.3 Å². The topological polar surface area (TPSA) is 35.2 Å². The van der Waals surface area contributed by atoms with Crippen LogP contribution in [-0.2, 0) is 11.2 Å². The molecule has 2 nitrogen and oxygen atoms in total. The van der Waals surface area contributed by atoms with Gasteiger partial charge in [-0.15, -0.1) is 0 Å². The Morgan fingerprint density at radius 2 is 1.74 bits per heavy atom. The van der Waals surface area contributed by atoms with Gasteiger partial charge in [0.25, 0.3) is 0 Å². The zero-order valence-electron chi connectivity index (χ0n) is 12.5. The van der Waals surface area contributed by atoms with Crippen LogP contribution in [-0.4, -0.2) is 18.2 Å². The first kappa shape index (κ1) is 14.5. The van der Waals surface area contributed by atoms with E-state index in [0.29, 0.717) is 0 Å². The molecule has 1 atom stereocenters. The summed E-state index contributed by atoms with van der Waals surface area (Å²) in [6.45, 7) is 7.13. The minimum atomic E-state index is -0.0770. The van der Waals surface area contributed by atoms with Crippen molar-refractivity contribution in [2.24, 2.45) is 5.73 Å². The highest BCUT2D eigenvalue weighted by atomic mass is 16.5. The fourth-order valence-electron chi connectivity index (χ4n) is 3.51. The van der Waals surface area contributed by atoms with Crippen LogP contribution in [0.4, 0.5) is 0 Å². The maximum absolute atomic E-state index is 6.51. The van der Waals surface area contributed by atoms with Gasteiger partial charge in [0, 0.05) is 12.6 Å². The second-order valence-corrected chi connectivity index (χ2v) is 6.01. The summed E-state index contributed by atoms with van der Waals surface area (Å²) in [5.41, 5.74) is 10.4. The van der Waals surface area contributed by atoms with E-state index in [1.54, 1.807) is 0 Å². The molecule has 2 rings (SSSR count). The van der Waals surface area contributed by atoms with Gasteiger partial charge in [-0.05, 0) is 45.6 Å². The van der Waals surface area contributed by atoms with E-state index >= 15 is 0 Å². The Labute approximate surface area is 117 Å². The van der Waals surface area contributed by atoms with Gasteiger partial charge in [-0.1, -0.05) is 42.2 Å². The molecule has 1 unspecified atom stereocenters. The molecular formula is C17H27NO. The van der Waals surface area contributed by atoms with E-state index in [2.05, 4.69) is 39.0 Å². The Bertz CT molecular complexity index is 401. The normalized spacial score (nSPS) is 19.6. The zero-order valence-corrected chi connectivity index (χ0v) is 12.5. The lowest BCUT2D eigenvalue weighted by molar-refractivity contribution is -0.0525. The number of benzene rings is 1. The Balaban J connectivity index is 2.12. The molecule has 1 aromatic carbocycles. The summed E-state index contributed by atoms with van der Waals surface area (Å²) in [4.78, 5) is 0. The third-order valence-electron chi connectivity index (χ3n) is 4.29. The van der Waals surface area contributed by atoms with Gasteiger partial charge in [0.1, 0.15) is 0 Å². The first-order valence-corrected chi connectivity index (χ1v) is 7.52. The first-order valence-electron chi connectivity index (χ1n) is 7.52. The maximum atomic E-state index is 6.51. The van der Waals surface area contributed by atoms with E-state index in [1.165, 1.54) is 29.5 Å². The molecular weight excluding hydrogens is 234 g/mol. The molecule has 0 amide bonds. The van der Waals surface area contributed by atoms with Crippen molar-refractivity contribution in [3.63, 3.8) is 0 Å². The van der Waals surface area contributed by atoms with Crippen molar-refractivity contribution >= 4 is 0 Å². The molecule has 0 radical (unpaired) electrons. The van der Waals surface area contributed by atoms with E-state index in [1.807, 2.05) is 0 Å². The van der Waals surface area contributed by atoms with Gasteiger partial charge in [0.15, 0.2) is 0 Å². The van der Waals surface area contributed by atoms with Crippen molar-refractivity contribution < 1.29 is 4.74 Å². The second kappa shape index (κ2) is 6.06. The third-order valence-corrected chi connectivity index (χ3v) is 4.29. The molecule has 1 fully saturated rings. The number of hydrogen-bond donors (Lipinski definition) is 1. The molecule has 2 N–H and O–H groups in total. The van der Waals surface area contributed by atoms with Crippen LogP contribution in [0.15, 0.2) is 18.2 Å². The highest BCUT2D eigenvalue weighted by molar-refractivity contribution is 5.29. The number of ether oxygens (including phenoxy) is 1. The number of rotatable bonds is 5. The van der Waals surface area contributed by atoms with Gasteiger partial charge < -0.3 is 10.5 Å². The van der Waals surface area contributed by atoms with E-state index in [9.17, 15) is 0 Å². The minimum absolute atomic E-state index is 0.0770. The van der Waals surface area contributed by atoms with Crippen LogP contribution < -0.4 is 5.73 Å². The highest BCUT2D eigenvalue weighted by Gasteiger charge is 2.40. The van der Waals surface area contributed by atoms with Crippen LogP contribution in [0.2, 0.25) is 0 Å². The third kappa shape index (κ3) is 3.37. The van der Waals surface area contributed by atoms with E-state index in [4.69, 9.17) is 10.5 Å². The van der Waals surface area contributed by atoms with E-state index < -0.39 is 0 Å². The fraction of sp³-hybridized carbons (Fsp3) is 0.647. The highest BCUT2D eigenvalue weighted by Crippen LogP contribution is 2.36.